The lowest BCUT2D eigenvalue weighted by Crippen LogP contribution is -2.54. The number of amides is 1. The maximum atomic E-state index is 12.3. The van der Waals surface area contributed by atoms with Gasteiger partial charge in [-0.2, -0.15) is 0 Å². The summed E-state index contributed by atoms with van der Waals surface area (Å²) in [6.45, 7) is 11.4. The average molecular weight is 362 g/mol. The third kappa shape index (κ3) is 4.63. The quantitative estimate of drug-likeness (QED) is 0.806. The lowest BCUT2D eigenvalue weighted by molar-refractivity contribution is 0.0218. The van der Waals surface area contributed by atoms with E-state index in [4.69, 9.17) is 9.47 Å². The van der Waals surface area contributed by atoms with Crippen molar-refractivity contribution in [2.45, 2.75) is 58.1 Å². The molecule has 2 aliphatic rings. The Balaban J connectivity index is 1.65. The Kier molecular flexibility index (Phi) is 5.65. The zero-order valence-corrected chi connectivity index (χ0v) is 16.3. The van der Waals surface area contributed by atoms with Crippen LogP contribution in [-0.2, 0) is 9.47 Å². The van der Waals surface area contributed by atoms with E-state index in [1.807, 2.05) is 20.8 Å². The van der Waals surface area contributed by atoms with Crippen LogP contribution in [0.3, 0.4) is 0 Å². The molecule has 0 bridgehead atoms. The fraction of sp³-hybridized carbons (Fsp3) is 0.737. The Morgan fingerprint density at radius 1 is 1.23 bits per heavy atom. The van der Waals surface area contributed by atoms with Gasteiger partial charge in [0.15, 0.2) is 0 Å². The van der Waals surface area contributed by atoms with Gasteiger partial charge < -0.3 is 19.3 Å². The molecular formula is C19H30N4O3. The molecule has 0 aromatic carbocycles. The molecule has 0 N–H and O–H groups in total. The van der Waals surface area contributed by atoms with Gasteiger partial charge in [-0.1, -0.05) is 0 Å². The Morgan fingerprint density at radius 3 is 2.62 bits per heavy atom. The van der Waals surface area contributed by atoms with Gasteiger partial charge in [0.2, 0.25) is 0 Å². The standard InChI is InChI=1S/C19H30N4O3/c1-14-12-22(18(24)26-19(2,3)4)7-8-23(14)17-11-16(20-13-21-17)15-5-9-25-10-6-15/h11,13-15H,5-10,12H2,1-4H3/t14-/m0/s1. The average Bonchev–Trinajstić information content (AvgIpc) is 2.61. The van der Waals surface area contributed by atoms with Crippen LogP contribution in [0.4, 0.5) is 10.6 Å². The number of rotatable bonds is 2. The van der Waals surface area contributed by atoms with Crippen LogP contribution in [0.15, 0.2) is 12.4 Å². The van der Waals surface area contributed by atoms with Gasteiger partial charge in [-0.15, -0.1) is 0 Å². The highest BCUT2D eigenvalue weighted by molar-refractivity contribution is 5.68. The Bertz CT molecular complexity index is 625. The second-order valence-electron chi connectivity index (χ2n) is 8.16. The summed E-state index contributed by atoms with van der Waals surface area (Å²) in [4.78, 5) is 25.3. The van der Waals surface area contributed by atoms with Crippen molar-refractivity contribution < 1.29 is 14.3 Å². The first-order valence-corrected chi connectivity index (χ1v) is 9.48. The number of nitrogens with zero attached hydrogens (tertiary/aromatic N) is 4. The molecule has 2 fully saturated rings. The predicted octanol–water partition coefficient (Wildman–Crippen LogP) is 2.82. The molecule has 1 amide bonds. The second kappa shape index (κ2) is 7.78. The fourth-order valence-corrected chi connectivity index (χ4v) is 3.53. The number of carbonyl (C=O) groups excluding carboxylic acids is 1. The molecule has 0 radical (unpaired) electrons. The predicted molar refractivity (Wildman–Crippen MR) is 99.4 cm³/mol. The Morgan fingerprint density at radius 2 is 1.96 bits per heavy atom. The number of ether oxygens (including phenoxy) is 2. The molecule has 0 saturated carbocycles. The van der Waals surface area contributed by atoms with Crippen LogP contribution >= 0.6 is 0 Å². The summed E-state index contributed by atoms with van der Waals surface area (Å²) in [5, 5.41) is 0. The van der Waals surface area contributed by atoms with Crippen molar-refractivity contribution in [3.05, 3.63) is 18.1 Å². The second-order valence-corrected chi connectivity index (χ2v) is 8.16. The minimum Gasteiger partial charge on any atom is -0.444 e. The van der Waals surface area contributed by atoms with Gasteiger partial charge in [-0.3, -0.25) is 0 Å². The molecule has 1 aromatic rings. The van der Waals surface area contributed by atoms with E-state index in [1.165, 1.54) is 0 Å². The Hall–Kier alpha value is -1.89. The highest BCUT2D eigenvalue weighted by atomic mass is 16.6. The lowest BCUT2D eigenvalue weighted by Gasteiger charge is -2.40. The molecule has 0 spiro atoms. The van der Waals surface area contributed by atoms with E-state index in [1.54, 1.807) is 11.2 Å². The van der Waals surface area contributed by atoms with Crippen molar-refractivity contribution in [3.8, 4) is 0 Å². The van der Waals surface area contributed by atoms with E-state index in [2.05, 4.69) is 27.9 Å². The minimum atomic E-state index is -0.470. The minimum absolute atomic E-state index is 0.175. The highest BCUT2D eigenvalue weighted by Gasteiger charge is 2.31. The summed E-state index contributed by atoms with van der Waals surface area (Å²) in [6, 6.07) is 2.28. The molecule has 26 heavy (non-hydrogen) atoms. The Labute approximate surface area is 155 Å². The monoisotopic (exact) mass is 362 g/mol. The van der Waals surface area contributed by atoms with Gasteiger partial charge >= 0.3 is 6.09 Å². The molecule has 2 aliphatic heterocycles. The smallest absolute Gasteiger partial charge is 0.410 e. The molecule has 7 nitrogen and oxygen atoms in total. The number of anilines is 1. The molecule has 1 atom stereocenters. The number of hydrogen-bond acceptors (Lipinski definition) is 6. The highest BCUT2D eigenvalue weighted by Crippen LogP contribution is 2.28. The van der Waals surface area contributed by atoms with Gasteiger partial charge in [0.25, 0.3) is 0 Å². The van der Waals surface area contributed by atoms with Crippen LogP contribution in [0.2, 0.25) is 0 Å². The molecule has 0 aliphatic carbocycles. The van der Waals surface area contributed by atoms with E-state index >= 15 is 0 Å². The normalized spacial score (nSPS) is 22.4. The summed E-state index contributed by atoms with van der Waals surface area (Å²) < 4.78 is 10.9. The fourth-order valence-electron chi connectivity index (χ4n) is 3.53. The van der Waals surface area contributed by atoms with Crippen molar-refractivity contribution in [2.75, 3.05) is 37.7 Å². The van der Waals surface area contributed by atoms with E-state index in [-0.39, 0.29) is 12.1 Å². The largest absolute Gasteiger partial charge is 0.444 e. The van der Waals surface area contributed by atoms with Crippen molar-refractivity contribution in [1.29, 1.82) is 0 Å². The van der Waals surface area contributed by atoms with E-state index in [0.29, 0.717) is 19.0 Å². The topological polar surface area (TPSA) is 67.8 Å². The van der Waals surface area contributed by atoms with Gasteiger partial charge in [-0.05, 0) is 40.5 Å². The zero-order valence-electron chi connectivity index (χ0n) is 16.3. The third-order valence-electron chi connectivity index (χ3n) is 4.89. The molecule has 3 heterocycles. The molecule has 144 valence electrons. The lowest BCUT2D eigenvalue weighted by atomic mass is 9.96. The van der Waals surface area contributed by atoms with Crippen LogP contribution in [-0.4, -0.2) is 65.5 Å². The molecule has 3 rings (SSSR count). The maximum absolute atomic E-state index is 12.3. The third-order valence-corrected chi connectivity index (χ3v) is 4.89. The number of aromatic nitrogens is 2. The van der Waals surface area contributed by atoms with Gasteiger partial charge in [0.1, 0.15) is 17.7 Å². The van der Waals surface area contributed by atoms with Crippen LogP contribution in [0.5, 0.6) is 0 Å². The van der Waals surface area contributed by atoms with Crippen molar-refractivity contribution in [1.82, 2.24) is 14.9 Å². The maximum Gasteiger partial charge on any atom is 0.410 e. The van der Waals surface area contributed by atoms with Crippen LogP contribution in [0, 0.1) is 0 Å². The van der Waals surface area contributed by atoms with E-state index < -0.39 is 5.60 Å². The summed E-state index contributed by atoms with van der Waals surface area (Å²) in [6.07, 6.45) is 3.44. The van der Waals surface area contributed by atoms with Crippen LogP contribution in [0.1, 0.15) is 52.1 Å². The summed E-state index contributed by atoms with van der Waals surface area (Å²) in [7, 11) is 0. The summed E-state index contributed by atoms with van der Waals surface area (Å²) in [5.74, 6) is 1.39. The molecular weight excluding hydrogens is 332 g/mol. The van der Waals surface area contributed by atoms with Gasteiger partial charge in [0, 0.05) is 56.6 Å². The van der Waals surface area contributed by atoms with E-state index in [0.717, 1.165) is 44.1 Å². The first kappa shape index (κ1) is 18.9. The van der Waals surface area contributed by atoms with Gasteiger partial charge in [-0.25, -0.2) is 14.8 Å². The van der Waals surface area contributed by atoms with Crippen molar-refractivity contribution in [3.63, 3.8) is 0 Å². The molecule has 0 unspecified atom stereocenters. The van der Waals surface area contributed by atoms with Crippen LogP contribution in [0.25, 0.3) is 0 Å². The van der Waals surface area contributed by atoms with Crippen molar-refractivity contribution in [2.24, 2.45) is 0 Å². The van der Waals surface area contributed by atoms with Crippen LogP contribution < -0.4 is 4.90 Å². The zero-order chi connectivity index (χ0) is 18.7. The molecule has 1 aromatic heterocycles. The number of hydrogen-bond donors (Lipinski definition) is 0. The summed E-state index contributed by atoms with van der Waals surface area (Å²) in [5.41, 5.74) is 0.628. The molecule has 2 saturated heterocycles. The summed E-state index contributed by atoms with van der Waals surface area (Å²) >= 11 is 0. The first-order chi connectivity index (χ1) is 12.3. The first-order valence-electron chi connectivity index (χ1n) is 9.48. The number of piperazine rings is 1. The van der Waals surface area contributed by atoms with Crippen molar-refractivity contribution >= 4 is 11.9 Å². The SMILES string of the molecule is C[C@H]1CN(C(=O)OC(C)(C)C)CCN1c1cc(C2CCOCC2)ncn1. The van der Waals surface area contributed by atoms with Gasteiger partial charge in [0.05, 0.1) is 0 Å². The number of carbonyl (C=O) groups is 1. The molecule has 7 heteroatoms. The van der Waals surface area contributed by atoms with E-state index in [9.17, 15) is 4.79 Å².